The zero-order valence-electron chi connectivity index (χ0n) is 14.3. The van der Waals surface area contributed by atoms with Gasteiger partial charge >= 0.3 is 5.97 Å². The maximum Gasteiger partial charge on any atom is 0.341 e. The molecule has 0 saturated heterocycles. The summed E-state index contributed by atoms with van der Waals surface area (Å²) in [6.07, 6.45) is 1.34. The lowest BCUT2D eigenvalue weighted by Gasteiger charge is -2.06. The second-order valence-corrected chi connectivity index (χ2v) is 7.01. The molecule has 0 bridgehead atoms. The third kappa shape index (κ3) is 5.94. The minimum Gasteiger partial charge on any atom is -0.482 e. The van der Waals surface area contributed by atoms with Gasteiger partial charge in [-0.15, -0.1) is 0 Å². The lowest BCUT2D eigenvalue weighted by Crippen LogP contribution is -2.14. The number of nitrogens with zero attached hydrogens (tertiary/aromatic N) is 1. The van der Waals surface area contributed by atoms with Crippen LogP contribution in [-0.4, -0.2) is 32.0 Å². The number of nitrogens with two attached hydrogens (primary N) is 1. The molecule has 0 atom stereocenters. The summed E-state index contributed by atoms with van der Waals surface area (Å²) in [5, 5.41) is 25.3. The quantitative estimate of drug-likeness (QED) is 0.466. The number of amides is 1. The van der Waals surface area contributed by atoms with E-state index in [1.165, 1.54) is 42.5 Å². The average molecular weight is 401 g/mol. The largest absolute Gasteiger partial charge is 0.482 e. The first-order chi connectivity index (χ1) is 13.2. The molecule has 0 aromatic heterocycles. The fourth-order valence-electron chi connectivity index (χ4n) is 2.05. The number of hydrogen-bond acceptors (Lipinski definition) is 6. The van der Waals surface area contributed by atoms with Crippen molar-refractivity contribution in [3.63, 3.8) is 0 Å². The number of anilines is 1. The van der Waals surface area contributed by atoms with Crippen LogP contribution in [0.15, 0.2) is 59.0 Å². The molecule has 4 N–H and O–H groups in total. The van der Waals surface area contributed by atoms with Crippen LogP contribution in [0.2, 0.25) is 0 Å². The molecule has 10 heteroatoms. The van der Waals surface area contributed by atoms with Crippen LogP contribution in [0, 0.1) is 11.3 Å². The van der Waals surface area contributed by atoms with E-state index in [-0.39, 0.29) is 16.2 Å². The summed E-state index contributed by atoms with van der Waals surface area (Å²) in [6.45, 7) is -0.481. The van der Waals surface area contributed by atoms with Crippen molar-refractivity contribution in [2.24, 2.45) is 5.14 Å². The number of rotatable bonds is 7. The summed E-state index contributed by atoms with van der Waals surface area (Å²) in [5.41, 5.74) is 0.629. The molecule has 9 nitrogen and oxygen atoms in total. The summed E-state index contributed by atoms with van der Waals surface area (Å²) in [5.74, 6) is -1.46. The van der Waals surface area contributed by atoms with Crippen LogP contribution in [-0.2, 0) is 19.6 Å². The molecule has 0 aliphatic rings. The highest BCUT2D eigenvalue weighted by atomic mass is 32.2. The van der Waals surface area contributed by atoms with Crippen LogP contribution >= 0.6 is 0 Å². The van der Waals surface area contributed by atoms with Crippen LogP contribution < -0.4 is 15.2 Å². The van der Waals surface area contributed by atoms with Crippen molar-refractivity contribution in [1.82, 2.24) is 0 Å². The van der Waals surface area contributed by atoms with Gasteiger partial charge in [-0.05, 0) is 48.0 Å². The van der Waals surface area contributed by atoms with Crippen molar-refractivity contribution >= 4 is 33.7 Å². The Labute approximate surface area is 160 Å². The number of carboxylic acid groups (broad SMARTS) is 1. The number of hydrogen-bond donors (Lipinski definition) is 3. The molecule has 2 aromatic carbocycles. The first-order valence-corrected chi connectivity index (χ1v) is 9.24. The third-order valence-electron chi connectivity index (χ3n) is 3.36. The number of aliphatic carboxylic acids is 1. The predicted octanol–water partition coefficient (Wildman–Crippen LogP) is 1.34. The van der Waals surface area contributed by atoms with Crippen molar-refractivity contribution in [2.75, 3.05) is 11.9 Å². The number of ether oxygens (including phenoxy) is 1. The first kappa shape index (κ1) is 20.6. The van der Waals surface area contributed by atoms with Gasteiger partial charge in [0.1, 0.15) is 17.4 Å². The number of sulfonamides is 1. The zero-order chi connectivity index (χ0) is 20.7. The second-order valence-electron chi connectivity index (χ2n) is 5.44. The standard InChI is InChI=1S/C18H15N3O6S/c19-10-13(9-12-1-5-15(6-2-12)27-11-17(22)23)18(24)21-14-3-7-16(8-4-14)28(20,25)26/h1-9H,11H2,(H,21,24)(H,22,23)(H2,20,25,26)/b13-9+. The summed E-state index contributed by atoms with van der Waals surface area (Å²) in [7, 11) is -3.84. The van der Waals surface area contributed by atoms with E-state index >= 15 is 0 Å². The van der Waals surface area contributed by atoms with Gasteiger partial charge in [0.15, 0.2) is 6.61 Å². The van der Waals surface area contributed by atoms with Crippen LogP contribution in [0.3, 0.4) is 0 Å². The Morgan fingerprint density at radius 3 is 2.25 bits per heavy atom. The highest BCUT2D eigenvalue weighted by Gasteiger charge is 2.11. The normalized spacial score (nSPS) is 11.4. The summed E-state index contributed by atoms with van der Waals surface area (Å²) in [4.78, 5) is 22.6. The highest BCUT2D eigenvalue weighted by Crippen LogP contribution is 2.17. The smallest absolute Gasteiger partial charge is 0.341 e. The van der Waals surface area contributed by atoms with Gasteiger partial charge in [-0.3, -0.25) is 4.79 Å². The first-order valence-electron chi connectivity index (χ1n) is 7.70. The van der Waals surface area contributed by atoms with E-state index in [9.17, 15) is 23.3 Å². The van der Waals surface area contributed by atoms with Crippen LogP contribution in [0.1, 0.15) is 5.56 Å². The van der Waals surface area contributed by atoms with Gasteiger partial charge in [0.05, 0.1) is 4.90 Å². The fraction of sp³-hybridized carbons (Fsp3) is 0.0556. The number of nitrogens with one attached hydrogen (secondary N) is 1. The number of carboxylic acids is 1. The van der Waals surface area contributed by atoms with Crippen molar-refractivity contribution < 1.29 is 27.9 Å². The lowest BCUT2D eigenvalue weighted by molar-refractivity contribution is -0.139. The van der Waals surface area contributed by atoms with Crippen LogP contribution in [0.25, 0.3) is 6.08 Å². The lowest BCUT2D eigenvalue weighted by atomic mass is 10.1. The minimum atomic E-state index is -3.84. The van der Waals surface area contributed by atoms with E-state index in [2.05, 4.69) is 5.32 Å². The van der Waals surface area contributed by atoms with Gasteiger partial charge in [0.2, 0.25) is 10.0 Å². The number of carbonyl (C=O) groups excluding carboxylic acids is 1. The van der Waals surface area contributed by atoms with Crippen molar-refractivity contribution in [1.29, 1.82) is 5.26 Å². The van der Waals surface area contributed by atoms with Crippen LogP contribution in [0.4, 0.5) is 5.69 Å². The average Bonchev–Trinajstić information content (AvgIpc) is 2.65. The molecule has 0 unspecified atom stereocenters. The summed E-state index contributed by atoms with van der Waals surface area (Å²) in [6, 6.07) is 13.1. The Kier molecular flexibility index (Phi) is 6.49. The molecule has 1 amide bonds. The molecule has 144 valence electrons. The fourth-order valence-corrected chi connectivity index (χ4v) is 2.56. The molecule has 28 heavy (non-hydrogen) atoms. The van der Waals surface area contributed by atoms with E-state index in [1.54, 1.807) is 18.2 Å². The molecule has 0 heterocycles. The van der Waals surface area contributed by atoms with Gasteiger partial charge in [-0.25, -0.2) is 18.4 Å². The third-order valence-corrected chi connectivity index (χ3v) is 4.29. The van der Waals surface area contributed by atoms with E-state index < -0.39 is 28.5 Å². The van der Waals surface area contributed by atoms with E-state index in [0.717, 1.165) is 0 Å². The van der Waals surface area contributed by atoms with Gasteiger partial charge in [-0.2, -0.15) is 5.26 Å². The maximum atomic E-state index is 12.2. The predicted molar refractivity (Wildman–Crippen MR) is 99.6 cm³/mol. The Morgan fingerprint density at radius 1 is 1.14 bits per heavy atom. The molecule has 0 radical (unpaired) electrons. The molecule has 0 aliphatic heterocycles. The molecular weight excluding hydrogens is 386 g/mol. The SMILES string of the molecule is N#C/C(=C\c1ccc(OCC(=O)O)cc1)C(=O)Nc1ccc(S(N)(=O)=O)cc1. The molecule has 0 aliphatic carbocycles. The highest BCUT2D eigenvalue weighted by molar-refractivity contribution is 7.89. The van der Waals surface area contributed by atoms with E-state index in [4.69, 9.17) is 15.0 Å². The van der Waals surface area contributed by atoms with Gasteiger partial charge < -0.3 is 15.2 Å². The van der Waals surface area contributed by atoms with E-state index in [0.29, 0.717) is 11.3 Å². The van der Waals surface area contributed by atoms with Crippen LogP contribution in [0.5, 0.6) is 5.75 Å². The molecule has 0 fully saturated rings. The van der Waals surface area contributed by atoms with Crippen molar-refractivity contribution in [2.45, 2.75) is 4.90 Å². The van der Waals surface area contributed by atoms with Crippen molar-refractivity contribution in [3.8, 4) is 11.8 Å². The Hall–Kier alpha value is -3.68. The molecule has 0 spiro atoms. The Morgan fingerprint density at radius 2 is 1.75 bits per heavy atom. The number of benzene rings is 2. The maximum absolute atomic E-state index is 12.2. The summed E-state index contributed by atoms with van der Waals surface area (Å²) >= 11 is 0. The minimum absolute atomic E-state index is 0.105. The van der Waals surface area contributed by atoms with Gasteiger partial charge in [-0.1, -0.05) is 12.1 Å². The monoisotopic (exact) mass is 401 g/mol. The number of nitriles is 1. The Balaban J connectivity index is 2.10. The molecule has 2 rings (SSSR count). The number of carbonyl (C=O) groups is 2. The van der Waals surface area contributed by atoms with Crippen molar-refractivity contribution in [3.05, 3.63) is 59.7 Å². The summed E-state index contributed by atoms with van der Waals surface area (Å²) < 4.78 is 27.4. The zero-order valence-corrected chi connectivity index (χ0v) is 15.1. The van der Waals surface area contributed by atoms with Gasteiger partial charge in [0, 0.05) is 5.69 Å². The topological polar surface area (TPSA) is 160 Å². The molecular formula is C18H15N3O6S. The molecule has 2 aromatic rings. The second kappa shape index (κ2) is 8.81. The molecule has 0 saturated carbocycles. The van der Waals surface area contributed by atoms with Gasteiger partial charge in [0.25, 0.3) is 5.91 Å². The Bertz CT molecular complexity index is 1050. The van der Waals surface area contributed by atoms with E-state index in [1.807, 2.05) is 0 Å². The number of primary sulfonamides is 1.